The minimum atomic E-state index is -0.0699. The molecule has 1 aromatic carbocycles. The first-order valence-corrected chi connectivity index (χ1v) is 4.61. The molecule has 1 aromatic rings. The first kappa shape index (κ1) is 7.94. The van der Waals surface area contributed by atoms with Gasteiger partial charge in [0, 0.05) is 11.6 Å². The first-order chi connectivity index (χ1) is 6.75. The summed E-state index contributed by atoms with van der Waals surface area (Å²) in [6, 6.07) is 3.69. The molecule has 3 rings (SSSR count). The van der Waals surface area contributed by atoms with Gasteiger partial charge in [-0.05, 0) is 13.0 Å². The standard InChI is InChI=1S/C10H11NO3/c1-5-10(11)6-2-8-9(13-4-12-8)3-7(6)14-5/h2-3,5,10H,4,11H2,1H3. The van der Waals surface area contributed by atoms with Crippen LogP contribution in [0.15, 0.2) is 12.1 Å². The second-order valence-electron chi connectivity index (χ2n) is 3.59. The van der Waals surface area contributed by atoms with Crippen LogP contribution in [0.2, 0.25) is 0 Å². The highest BCUT2D eigenvalue weighted by atomic mass is 16.7. The van der Waals surface area contributed by atoms with Gasteiger partial charge >= 0.3 is 0 Å². The van der Waals surface area contributed by atoms with Gasteiger partial charge in [-0.1, -0.05) is 0 Å². The lowest BCUT2D eigenvalue weighted by Crippen LogP contribution is -2.21. The molecule has 14 heavy (non-hydrogen) atoms. The summed E-state index contributed by atoms with van der Waals surface area (Å²) in [5, 5.41) is 0. The minimum absolute atomic E-state index is 0.0209. The maximum Gasteiger partial charge on any atom is 0.231 e. The summed E-state index contributed by atoms with van der Waals surface area (Å²) in [4.78, 5) is 0. The van der Waals surface area contributed by atoms with Gasteiger partial charge in [-0.2, -0.15) is 0 Å². The van der Waals surface area contributed by atoms with Crippen molar-refractivity contribution in [1.29, 1.82) is 0 Å². The summed E-state index contributed by atoms with van der Waals surface area (Å²) in [5.74, 6) is 2.32. The van der Waals surface area contributed by atoms with Crippen LogP contribution < -0.4 is 19.9 Å². The monoisotopic (exact) mass is 193 g/mol. The predicted octanol–water partition coefficient (Wildman–Crippen LogP) is 1.20. The highest BCUT2D eigenvalue weighted by molar-refractivity contribution is 5.54. The van der Waals surface area contributed by atoms with Crippen LogP contribution in [0.1, 0.15) is 18.5 Å². The Labute approximate surface area is 81.6 Å². The molecule has 0 spiro atoms. The van der Waals surface area contributed by atoms with Crippen LogP contribution in [0, 0.1) is 0 Å². The number of fused-ring (bicyclic) bond motifs is 2. The van der Waals surface area contributed by atoms with Crippen molar-refractivity contribution in [3.63, 3.8) is 0 Å². The van der Waals surface area contributed by atoms with Gasteiger partial charge in [0.15, 0.2) is 11.5 Å². The summed E-state index contributed by atoms with van der Waals surface area (Å²) < 4.78 is 16.1. The number of nitrogens with two attached hydrogens (primary N) is 1. The van der Waals surface area contributed by atoms with E-state index in [-0.39, 0.29) is 18.9 Å². The fourth-order valence-electron chi connectivity index (χ4n) is 1.83. The van der Waals surface area contributed by atoms with Crippen molar-refractivity contribution in [3.05, 3.63) is 17.7 Å². The van der Waals surface area contributed by atoms with Gasteiger partial charge in [-0.25, -0.2) is 0 Å². The molecule has 2 aliphatic rings. The molecule has 0 aromatic heterocycles. The number of rotatable bonds is 0. The third-order valence-electron chi connectivity index (χ3n) is 2.68. The highest BCUT2D eigenvalue weighted by Gasteiger charge is 2.31. The summed E-state index contributed by atoms with van der Waals surface area (Å²) in [7, 11) is 0. The van der Waals surface area contributed by atoms with Crippen molar-refractivity contribution < 1.29 is 14.2 Å². The Bertz CT molecular complexity index is 391. The zero-order valence-corrected chi connectivity index (χ0v) is 7.82. The fourth-order valence-corrected chi connectivity index (χ4v) is 1.83. The minimum Gasteiger partial charge on any atom is -0.488 e. The van der Waals surface area contributed by atoms with Gasteiger partial charge in [0.05, 0.1) is 6.04 Å². The van der Waals surface area contributed by atoms with Crippen molar-refractivity contribution in [2.24, 2.45) is 5.73 Å². The Hall–Kier alpha value is -1.42. The Morgan fingerprint density at radius 2 is 1.93 bits per heavy atom. The maximum atomic E-state index is 5.96. The van der Waals surface area contributed by atoms with Crippen LogP contribution in [-0.4, -0.2) is 12.9 Å². The summed E-state index contributed by atoms with van der Waals surface area (Å²) in [6.45, 7) is 2.24. The van der Waals surface area contributed by atoms with E-state index in [1.807, 2.05) is 19.1 Å². The van der Waals surface area contributed by atoms with Crippen LogP contribution in [0.3, 0.4) is 0 Å². The van der Waals surface area contributed by atoms with Gasteiger partial charge in [0.1, 0.15) is 11.9 Å². The SMILES string of the molecule is CC1Oc2cc3c(cc2C1N)OCO3. The molecule has 0 aliphatic carbocycles. The molecular formula is C10H11NO3. The molecule has 0 bridgehead atoms. The quantitative estimate of drug-likeness (QED) is 0.672. The van der Waals surface area contributed by atoms with Crippen molar-refractivity contribution in [2.45, 2.75) is 19.1 Å². The van der Waals surface area contributed by atoms with Gasteiger partial charge in [-0.15, -0.1) is 0 Å². The molecular weight excluding hydrogens is 182 g/mol. The topological polar surface area (TPSA) is 53.7 Å². The van der Waals surface area contributed by atoms with Crippen molar-refractivity contribution in [2.75, 3.05) is 6.79 Å². The van der Waals surface area contributed by atoms with Gasteiger partial charge in [0.2, 0.25) is 6.79 Å². The molecule has 2 aliphatic heterocycles. The van der Waals surface area contributed by atoms with E-state index >= 15 is 0 Å². The van der Waals surface area contributed by atoms with Crippen LogP contribution in [0.4, 0.5) is 0 Å². The molecule has 0 amide bonds. The van der Waals surface area contributed by atoms with Gasteiger partial charge < -0.3 is 19.9 Å². The average molecular weight is 193 g/mol. The summed E-state index contributed by atoms with van der Waals surface area (Å²) >= 11 is 0. The van der Waals surface area contributed by atoms with E-state index in [9.17, 15) is 0 Å². The van der Waals surface area contributed by atoms with E-state index < -0.39 is 0 Å². The van der Waals surface area contributed by atoms with Crippen LogP contribution in [0.5, 0.6) is 17.2 Å². The number of hydrogen-bond donors (Lipinski definition) is 1. The van der Waals surface area contributed by atoms with Gasteiger partial charge in [-0.3, -0.25) is 0 Å². The van der Waals surface area contributed by atoms with Crippen LogP contribution in [0.25, 0.3) is 0 Å². The van der Waals surface area contributed by atoms with E-state index in [0.717, 1.165) is 22.8 Å². The Morgan fingerprint density at radius 3 is 2.71 bits per heavy atom. The summed E-state index contributed by atoms with van der Waals surface area (Å²) in [6.07, 6.45) is 0.0209. The molecule has 74 valence electrons. The molecule has 0 radical (unpaired) electrons. The van der Waals surface area contributed by atoms with E-state index in [4.69, 9.17) is 19.9 Å². The zero-order valence-electron chi connectivity index (χ0n) is 7.82. The largest absolute Gasteiger partial charge is 0.488 e. The Kier molecular flexibility index (Phi) is 1.44. The molecule has 4 heteroatoms. The van der Waals surface area contributed by atoms with Crippen molar-refractivity contribution >= 4 is 0 Å². The third-order valence-corrected chi connectivity index (χ3v) is 2.68. The predicted molar refractivity (Wildman–Crippen MR) is 49.6 cm³/mol. The smallest absolute Gasteiger partial charge is 0.231 e. The third kappa shape index (κ3) is 0.915. The fraction of sp³-hybridized carbons (Fsp3) is 0.400. The number of benzene rings is 1. The molecule has 2 heterocycles. The van der Waals surface area contributed by atoms with Crippen molar-refractivity contribution in [3.8, 4) is 17.2 Å². The van der Waals surface area contributed by atoms with Crippen LogP contribution in [-0.2, 0) is 0 Å². The van der Waals surface area contributed by atoms with Gasteiger partial charge in [0.25, 0.3) is 0 Å². The number of ether oxygens (including phenoxy) is 3. The second-order valence-corrected chi connectivity index (χ2v) is 3.59. The lowest BCUT2D eigenvalue weighted by Gasteiger charge is -2.07. The van der Waals surface area contributed by atoms with E-state index in [2.05, 4.69) is 0 Å². The molecule has 0 saturated carbocycles. The lowest BCUT2D eigenvalue weighted by atomic mass is 10.1. The first-order valence-electron chi connectivity index (χ1n) is 4.61. The Balaban J connectivity index is 2.13. The summed E-state index contributed by atoms with van der Waals surface area (Å²) in [5.41, 5.74) is 6.96. The van der Waals surface area contributed by atoms with E-state index in [1.165, 1.54) is 0 Å². The highest BCUT2D eigenvalue weighted by Crippen LogP contribution is 2.44. The van der Waals surface area contributed by atoms with Crippen LogP contribution >= 0.6 is 0 Å². The Morgan fingerprint density at radius 1 is 1.21 bits per heavy atom. The molecule has 0 saturated heterocycles. The average Bonchev–Trinajstić information content (AvgIpc) is 2.70. The zero-order chi connectivity index (χ0) is 9.71. The molecule has 2 N–H and O–H groups in total. The molecule has 2 atom stereocenters. The van der Waals surface area contributed by atoms with E-state index in [1.54, 1.807) is 0 Å². The lowest BCUT2D eigenvalue weighted by molar-refractivity contribution is 0.173. The second kappa shape index (κ2) is 2.54. The molecule has 4 nitrogen and oxygen atoms in total. The normalized spacial score (nSPS) is 27.3. The van der Waals surface area contributed by atoms with Crippen molar-refractivity contribution in [1.82, 2.24) is 0 Å². The number of hydrogen-bond acceptors (Lipinski definition) is 4. The molecule has 2 unspecified atom stereocenters. The van der Waals surface area contributed by atoms with E-state index in [0.29, 0.717) is 0 Å². The molecule has 0 fully saturated rings. The maximum absolute atomic E-state index is 5.96.